The smallest absolute Gasteiger partial charge is 0.230 e. The number of nitrogens with zero attached hydrogens (tertiary/aromatic N) is 1. The number of carbonyl (C=O) groups excluding carboxylic acids is 2. The summed E-state index contributed by atoms with van der Waals surface area (Å²) in [5.41, 5.74) is 2.68. The van der Waals surface area contributed by atoms with Gasteiger partial charge in [0.1, 0.15) is 5.75 Å². The fourth-order valence-electron chi connectivity index (χ4n) is 2.55. The first-order valence-corrected chi connectivity index (χ1v) is 6.74. The van der Waals surface area contributed by atoms with Crippen LogP contribution in [0.25, 0.3) is 0 Å². The fraction of sp³-hybridized carbons (Fsp3) is 0.467. The third kappa shape index (κ3) is 2.48. The number of imide groups is 1. The second-order valence-electron chi connectivity index (χ2n) is 4.79. The van der Waals surface area contributed by atoms with Gasteiger partial charge in [0.05, 0.1) is 6.54 Å². The molecule has 4 heteroatoms. The zero-order valence-corrected chi connectivity index (χ0v) is 11.4. The van der Waals surface area contributed by atoms with Gasteiger partial charge < -0.3 is 5.11 Å². The van der Waals surface area contributed by atoms with E-state index in [2.05, 4.69) is 0 Å². The Balaban J connectivity index is 2.31. The van der Waals surface area contributed by atoms with E-state index in [1.54, 1.807) is 0 Å². The molecule has 1 fully saturated rings. The highest BCUT2D eigenvalue weighted by molar-refractivity contribution is 6.01. The van der Waals surface area contributed by atoms with Crippen LogP contribution in [-0.2, 0) is 29.0 Å². The van der Waals surface area contributed by atoms with Crippen LogP contribution in [0.15, 0.2) is 12.1 Å². The molecule has 1 aliphatic heterocycles. The monoisotopic (exact) mass is 261 g/mol. The summed E-state index contributed by atoms with van der Waals surface area (Å²) in [5.74, 6) is -0.0709. The molecule has 2 rings (SSSR count). The van der Waals surface area contributed by atoms with Crippen LogP contribution in [-0.4, -0.2) is 21.8 Å². The lowest BCUT2D eigenvalue weighted by Gasteiger charge is -2.17. The van der Waals surface area contributed by atoms with Crippen LogP contribution in [0, 0.1) is 0 Å². The Morgan fingerprint density at radius 1 is 1.05 bits per heavy atom. The van der Waals surface area contributed by atoms with E-state index in [1.165, 1.54) is 4.90 Å². The van der Waals surface area contributed by atoms with E-state index in [0.717, 1.165) is 24.0 Å². The number of phenolic OH excluding ortho intramolecular Hbond substituents is 1. The first-order chi connectivity index (χ1) is 9.08. The second-order valence-corrected chi connectivity index (χ2v) is 4.79. The van der Waals surface area contributed by atoms with Gasteiger partial charge in [0.15, 0.2) is 0 Å². The molecule has 0 aromatic heterocycles. The van der Waals surface area contributed by atoms with Gasteiger partial charge in [-0.2, -0.15) is 0 Å². The van der Waals surface area contributed by atoms with Crippen molar-refractivity contribution in [1.82, 2.24) is 4.90 Å². The predicted molar refractivity (Wildman–Crippen MR) is 71.7 cm³/mol. The molecular weight excluding hydrogens is 242 g/mol. The zero-order chi connectivity index (χ0) is 14.0. The standard InChI is InChI=1S/C15H19NO3/c1-3-10-5-6-11(15(19)12(10)4-2)9-16-13(17)7-8-14(16)18/h5-6,19H,3-4,7-9H2,1-2H3. The molecule has 1 aliphatic rings. The Hall–Kier alpha value is -1.84. The maximum Gasteiger partial charge on any atom is 0.230 e. The summed E-state index contributed by atoms with van der Waals surface area (Å²) in [7, 11) is 0. The van der Waals surface area contributed by atoms with Crippen molar-refractivity contribution < 1.29 is 14.7 Å². The molecule has 1 aromatic carbocycles. The van der Waals surface area contributed by atoms with Crippen LogP contribution in [0.1, 0.15) is 43.4 Å². The molecule has 1 heterocycles. The number of likely N-dealkylation sites (tertiary alicyclic amines) is 1. The number of hydrogen-bond acceptors (Lipinski definition) is 3. The van der Waals surface area contributed by atoms with Gasteiger partial charge in [-0.15, -0.1) is 0 Å². The van der Waals surface area contributed by atoms with Crippen molar-refractivity contribution in [3.8, 4) is 5.75 Å². The number of hydrogen-bond donors (Lipinski definition) is 1. The molecular formula is C15H19NO3. The quantitative estimate of drug-likeness (QED) is 0.845. The number of aromatic hydroxyl groups is 1. The summed E-state index contributed by atoms with van der Waals surface area (Å²) in [4.78, 5) is 24.4. The third-order valence-electron chi connectivity index (χ3n) is 3.68. The number of phenols is 1. The van der Waals surface area contributed by atoms with E-state index in [9.17, 15) is 14.7 Å². The molecule has 0 saturated carbocycles. The number of benzene rings is 1. The minimum absolute atomic E-state index is 0.151. The average Bonchev–Trinajstić information content (AvgIpc) is 2.72. The van der Waals surface area contributed by atoms with Crippen molar-refractivity contribution in [3.05, 3.63) is 28.8 Å². The predicted octanol–water partition coefficient (Wildman–Crippen LogP) is 2.17. The van der Waals surface area contributed by atoms with Crippen LogP contribution in [0.4, 0.5) is 0 Å². The van der Waals surface area contributed by atoms with Crippen molar-refractivity contribution in [2.45, 2.75) is 46.1 Å². The molecule has 0 bridgehead atoms. The van der Waals surface area contributed by atoms with E-state index in [1.807, 2.05) is 26.0 Å². The lowest BCUT2D eigenvalue weighted by atomic mass is 9.98. The molecule has 1 N–H and O–H groups in total. The molecule has 0 radical (unpaired) electrons. The molecule has 102 valence electrons. The summed E-state index contributed by atoms with van der Waals surface area (Å²) in [6.07, 6.45) is 2.17. The van der Waals surface area contributed by atoms with Crippen LogP contribution in [0.3, 0.4) is 0 Å². The first kappa shape index (κ1) is 13.6. The van der Waals surface area contributed by atoms with E-state index < -0.39 is 0 Å². The molecule has 0 unspecified atom stereocenters. The van der Waals surface area contributed by atoms with Gasteiger partial charge in [0, 0.05) is 18.4 Å². The number of rotatable bonds is 4. The molecule has 0 atom stereocenters. The van der Waals surface area contributed by atoms with Gasteiger partial charge in [-0.05, 0) is 24.0 Å². The maximum absolute atomic E-state index is 11.6. The van der Waals surface area contributed by atoms with Crippen molar-refractivity contribution in [2.75, 3.05) is 0 Å². The molecule has 2 amide bonds. The van der Waals surface area contributed by atoms with E-state index in [0.29, 0.717) is 5.56 Å². The van der Waals surface area contributed by atoms with Gasteiger partial charge in [-0.25, -0.2) is 0 Å². The lowest BCUT2D eigenvalue weighted by Crippen LogP contribution is -2.28. The molecule has 4 nitrogen and oxygen atoms in total. The Bertz CT molecular complexity index is 506. The Kier molecular flexibility index (Phi) is 3.88. The van der Waals surface area contributed by atoms with E-state index in [-0.39, 0.29) is 37.0 Å². The van der Waals surface area contributed by atoms with E-state index in [4.69, 9.17) is 0 Å². The summed E-state index contributed by atoms with van der Waals surface area (Å²) >= 11 is 0. The molecule has 0 aliphatic carbocycles. The van der Waals surface area contributed by atoms with E-state index >= 15 is 0 Å². The van der Waals surface area contributed by atoms with Crippen molar-refractivity contribution >= 4 is 11.8 Å². The largest absolute Gasteiger partial charge is 0.507 e. The minimum atomic E-state index is -0.151. The number of aryl methyl sites for hydroxylation is 1. The van der Waals surface area contributed by atoms with Crippen LogP contribution in [0.5, 0.6) is 5.75 Å². The van der Waals surface area contributed by atoms with Crippen LogP contribution < -0.4 is 0 Å². The Morgan fingerprint density at radius 3 is 2.16 bits per heavy atom. The summed E-state index contributed by atoms with van der Waals surface area (Å²) in [5, 5.41) is 10.3. The molecule has 19 heavy (non-hydrogen) atoms. The molecule has 1 saturated heterocycles. The fourth-order valence-corrected chi connectivity index (χ4v) is 2.55. The summed E-state index contributed by atoms with van der Waals surface area (Å²) < 4.78 is 0. The SMILES string of the molecule is CCc1ccc(CN2C(=O)CCC2=O)c(O)c1CC. The number of amides is 2. The molecule has 0 spiro atoms. The lowest BCUT2D eigenvalue weighted by molar-refractivity contribution is -0.139. The van der Waals surface area contributed by atoms with Gasteiger partial charge in [0.2, 0.25) is 11.8 Å². The highest BCUT2D eigenvalue weighted by atomic mass is 16.3. The third-order valence-corrected chi connectivity index (χ3v) is 3.68. The topological polar surface area (TPSA) is 57.6 Å². The van der Waals surface area contributed by atoms with Crippen molar-refractivity contribution in [2.24, 2.45) is 0 Å². The van der Waals surface area contributed by atoms with Gasteiger partial charge in [0.25, 0.3) is 0 Å². The summed E-state index contributed by atoms with van der Waals surface area (Å²) in [6.45, 7) is 4.21. The Labute approximate surface area is 113 Å². The van der Waals surface area contributed by atoms with Crippen LogP contribution in [0.2, 0.25) is 0 Å². The minimum Gasteiger partial charge on any atom is -0.507 e. The van der Waals surface area contributed by atoms with Crippen LogP contribution >= 0.6 is 0 Å². The summed E-state index contributed by atoms with van der Waals surface area (Å²) in [6, 6.07) is 3.78. The second kappa shape index (κ2) is 5.43. The maximum atomic E-state index is 11.6. The zero-order valence-electron chi connectivity index (χ0n) is 11.4. The molecule has 1 aromatic rings. The van der Waals surface area contributed by atoms with Gasteiger partial charge in [-0.3, -0.25) is 14.5 Å². The highest BCUT2D eigenvalue weighted by Crippen LogP contribution is 2.29. The van der Waals surface area contributed by atoms with Crippen molar-refractivity contribution in [1.29, 1.82) is 0 Å². The normalized spacial score (nSPS) is 15.4. The Morgan fingerprint density at radius 2 is 1.63 bits per heavy atom. The first-order valence-electron chi connectivity index (χ1n) is 6.74. The highest BCUT2D eigenvalue weighted by Gasteiger charge is 2.29. The van der Waals surface area contributed by atoms with Crippen molar-refractivity contribution in [3.63, 3.8) is 0 Å². The number of carbonyl (C=O) groups is 2. The van der Waals surface area contributed by atoms with Gasteiger partial charge in [-0.1, -0.05) is 26.0 Å². The van der Waals surface area contributed by atoms with Gasteiger partial charge >= 0.3 is 0 Å². The average molecular weight is 261 g/mol.